The van der Waals surface area contributed by atoms with Gasteiger partial charge in [0, 0.05) is 23.7 Å². The van der Waals surface area contributed by atoms with Crippen LogP contribution in [0.5, 0.6) is 5.75 Å². The second kappa shape index (κ2) is 5.97. The van der Waals surface area contributed by atoms with Crippen molar-refractivity contribution < 1.29 is 19.6 Å². The van der Waals surface area contributed by atoms with E-state index in [1.54, 1.807) is 6.92 Å². The van der Waals surface area contributed by atoms with Crippen molar-refractivity contribution in [3.63, 3.8) is 0 Å². The van der Waals surface area contributed by atoms with Crippen LogP contribution in [0.4, 0.5) is 5.69 Å². The highest BCUT2D eigenvalue weighted by Gasteiger charge is 2.18. The summed E-state index contributed by atoms with van der Waals surface area (Å²) in [5, 5.41) is 22.0. The molecule has 0 aliphatic carbocycles. The molecule has 0 radical (unpaired) electrons. The van der Waals surface area contributed by atoms with Crippen LogP contribution in [0.1, 0.15) is 17.3 Å². The summed E-state index contributed by atoms with van der Waals surface area (Å²) in [6, 6.07) is 3.44. The maximum atomic E-state index is 11.7. The molecule has 0 aliphatic rings. The van der Waals surface area contributed by atoms with E-state index in [1.807, 2.05) is 0 Å². The Morgan fingerprint density at radius 2 is 2.28 bits per heavy atom. The second-order valence-corrected chi connectivity index (χ2v) is 3.70. The molecule has 7 heteroatoms. The fraction of sp³-hybridized carbons (Fsp3) is 0.364. The smallest absolute Gasteiger partial charge is 0.310 e. The molecule has 0 saturated carbocycles. The zero-order chi connectivity index (χ0) is 13.7. The first-order valence-electron chi connectivity index (χ1n) is 5.23. The largest absolute Gasteiger partial charge is 0.490 e. The van der Waals surface area contributed by atoms with Gasteiger partial charge < -0.3 is 15.2 Å². The van der Waals surface area contributed by atoms with Crippen molar-refractivity contribution in [1.29, 1.82) is 0 Å². The third-order valence-electron chi connectivity index (χ3n) is 2.29. The van der Waals surface area contributed by atoms with Gasteiger partial charge in [-0.2, -0.15) is 0 Å². The van der Waals surface area contributed by atoms with E-state index in [-0.39, 0.29) is 23.6 Å². The third-order valence-corrected chi connectivity index (χ3v) is 2.29. The number of nitro groups is 1. The van der Waals surface area contributed by atoms with Crippen LogP contribution in [0.25, 0.3) is 0 Å². The van der Waals surface area contributed by atoms with Crippen LogP contribution >= 0.6 is 0 Å². The van der Waals surface area contributed by atoms with Crippen LogP contribution in [-0.2, 0) is 0 Å². The number of hydrogen-bond acceptors (Lipinski definition) is 5. The topological polar surface area (TPSA) is 102 Å². The van der Waals surface area contributed by atoms with Crippen molar-refractivity contribution in [3.8, 4) is 5.75 Å². The molecule has 0 spiro atoms. The molecule has 1 amide bonds. The Labute approximate surface area is 104 Å². The number of nitrogens with zero attached hydrogens (tertiary/aromatic N) is 1. The maximum Gasteiger partial charge on any atom is 0.310 e. The van der Waals surface area contributed by atoms with Gasteiger partial charge in [0.25, 0.3) is 5.91 Å². The lowest BCUT2D eigenvalue weighted by Crippen LogP contribution is -2.34. The molecule has 0 bridgehead atoms. The van der Waals surface area contributed by atoms with Gasteiger partial charge in [-0.25, -0.2) is 0 Å². The second-order valence-electron chi connectivity index (χ2n) is 3.70. The van der Waals surface area contributed by atoms with Crippen LogP contribution < -0.4 is 10.1 Å². The molecule has 0 aromatic heterocycles. The zero-order valence-corrected chi connectivity index (χ0v) is 10.0. The number of rotatable bonds is 5. The van der Waals surface area contributed by atoms with Crippen molar-refractivity contribution in [2.75, 3.05) is 13.7 Å². The summed E-state index contributed by atoms with van der Waals surface area (Å²) in [4.78, 5) is 21.8. The average Bonchev–Trinajstić information content (AvgIpc) is 2.37. The molecule has 0 fully saturated rings. The van der Waals surface area contributed by atoms with Gasteiger partial charge in [0.2, 0.25) is 0 Å². The molecule has 7 nitrogen and oxygen atoms in total. The average molecular weight is 254 g/mol. The molecular formula is C11H14N2O5. The quantitative estimate of drug-likeness (QED) is 0.595. The molecule has 1 atom stereocenters. The Hall–Kier alpha value is -2.15. The number of ether oxygens (including phenoxy) is 1. The summed E-state index contributed by atoms with van der Waals surface area (Å²) in [6.07, 6.45) is 0. The van der Waals surface area contributed by atoms with Gasteiger partial charge in [-0.3, -0.25) is 14.9 Å². The SMILES string of the molecule is COc1cc(C(=O)NC(C)CO)ccc1[N+](=O)[O-]. The Balaban J connectivity index is 2.98. The first-order chi connectivity index (χ1) is 8.49. The molecular weight excluding hydrogens is 240 g/mol. The highest BCUT2D eigenvalue weighted by molar-refractivity contribution is 5.95. The van der Waals surface area contributed by atoms with Gasteiger partial charge in [-0.05, 0) is 13.0 Å². The molecule has 98 valence electrons. The van der Waals surface area contributed by atoms with Crippen molar-refractivity contribution in [1.82, 2.24) is 5.32 Å². The van der Waals surface area contributed by atoms with Gasteiger partial charge in [-0.15, -0.1) is 0 Å². The van der Waals surface area contributed by atoms with Crippen LogP contribution in [-0.4, -0.2) is 35.7 Å². The molecule has 2 N–H and O–H groups in total. The number of nitro benzene ring substituents is 1. The van der Waals surface area contributed by atoms with Gasteiger partial charge >= 0.3 is 5.69 Å². The highest BCUT2D eigenvalue weighted by Crippen LogP contribution is 2.27. The van der Waals surface area contributed by atoms with Crippen LogP contribution in [0.15, 0.2) is 18.2 Å². The molecule has 0 heterocycles. The standard InChI is InChI=1S/C11H14N2O5/c1-7(6-14)12-11(15)8-3-4-9(13(16)17)10(5-8)18-2/h3-5,7,14H,6H2,1-2H3,(H,12,15). The van der Waals surface area contributed by atoms with Gasteiger partial charge in [-0.1, -0.05) is 0 Å². The number of methoxy groups -OCH3 is 1. The monoisotopic (exact) mass is 254 g/mol. The summed E-state index contributed by atoms with van der Waals surface area (Å²) >= 11 is 0. The number of aliphatic hydroxyl groups excluding tert-OH is 1. The molecule has 1 rings (SSSR count). The van der Waals surface area contributed by atoms with E-state index in [1.165, 1.54) is 25.3 Å². The lowest BCUT2D eigenvalue weighted by atomic mass is 10.1. The number of carbonyl (C=O) groups excluding carboxylic acids is 1. The fourth-order valence-corrected chi connectivity index (χ4v) is 1.32. The van der Waals surface area contributed by atoms with Crippen molar-refractivity contribution in [2.24, 2.45) is 0 Å². The Bertz CT molecular complexity index is 461. The van der Waals surface area contributed by atoms with Crippen molar-refractivity contribution >= 4 is 11.6 Å². The summed E-state index contributed by atoms with van der Waals surface area (Å²) in [5.74, 6) is -0.408. The van der Waals surface area contributed by atoms with Gasteiger partial charge in [0.1, 0.15) is 0 Å². The van der Waals surface area contributed by atoms with Crippen LogP contribution in [0, 0.1) is 10.1 Å². The normalized spacial score (nSPS) is 11.7. The molecule has 0 saturated heterocycles. The Kier molecular flexibility index (Phi) is 4.61. The maximum absolute atomic E-state index is 11.7. The Morgan fingerprint density at radius 1 is 1.61 bits per heavy atom. The summed E-state index contributed by atoms with van der Waals surface area (Å²) in [7, 11) is 1.29. The van der Waals surface area contributed by atoms with E-state index in [4.69, 9.17) is 9.84 Å². The zero-order valence-electron chi connectivity index (χ0n) is 10.0. The van der Waals surface area contributed by atoms with Crippen LogP contribution in [0.3, 0.4) is 0 Å². The Morgan fingerprint density at radius 3 is 2.78 bits per heavy atom. The molecule has 1 unspecified atom stereocenters. The minimum Gasteiger partial charge on any atom is -0.490 e. The summed E-state index contributed by atoms with van der Waals surface area (Å²) < 4.78 is 4.86. The van der Waals surface area contributed by atoms with Crippen molar-refractivity contribution in [2.45, 2.75) is 13.0 Å². The van der Waals surface area contributed by atoms with E-state index >= 15 is 0 Å². The lowest BCUT2D eigenvalue weighted by Gasteiger charge is -2.11. The van der Waals surface area contributed by atoms with E-state index in [2.05, 4.69) is 5.32 Å². The third kappa shape index (κ3) is 3.17. The molecule has 0 aliphatic heterocycles. The van der Waals surface area contributed by atoms with Crippen LogP contribution in [0.2, 0.25) is 0 Å². The van der Waals surface area contributed by atoms with Crippen molar-refractivity contribution in [3.05, 3.63) is 33.9 Å². The van der Waals surface area contributed by atoms with Gasteiger partial charge in [0.05, 0.1) is 18.6 Å². The van der Waals surface area contributed by atoms with E-state index in [0.29, 0.717) is 0 Å². The lowest BCUT2D eigenvalue weighted by molar-refractivity contribution is -0.385. The first-order valence-corrected chi connectivity index (χ1v) is 5.23. The minimum absolute atomic E-state index is 0.0179. The summed E-state index contributed by atoms with van der Waals surface area (Å²) in [5.41, 5.74) is 0.0296. The molecule has 18 heavy (non-hydrogen) atoms. The highest BCUT2D eigenvalue weighted by atomic mass is 16.6. The van der Waals surface area contributed by atoms with E-state index in [9.17, 15) is 14.9 Å². The number of aliphatic hydroxyl groups is 1. The number of nitrogens with one attached hydrogen (secondary N) is 1. The number of carbonyl (C=O) groups is 1. The predicted octanol–water partition coefficient (Wildman–Crippen LogP) is 0.714. The number of amides is 1. The number of benzene rings is 1. The van der Waals surface area contributed by atoms with E-state index in [0.717, 1.165) is 0 Å². The molecule has 1 aromatic rings. The first kappa shape index (κ1) is 13.9. The van der Waals surface area contributed by atoms with E-state index < -0.39 is 16.9 Å². The van der Waals surface area contributed by atoms with Gasteiger partial charge in [0.15, 0.2) is 5.75 Å². The fourth-order valence-electron chi connectivity index (χ4n) is 1.32. The minimum atomic E-state index is -0.586. The molecule has 1 aromatic carbocycles. The number of hydrogen-bond donors (Lipinski definition) is 2. The predicted molar refractivity (Wildman–Crippen MR) is 63.7 cm³/mol. The summed E-state index contributed by atoms with van der Waals surface area (Å²) in [6.45, 7) is 1.45.